The quantitative estimate of drug-likeness (QED) is 0.772. The standard InChI is InChI=1S/C24H28O3/c1-22(2)10-11-23(3,4)18-13-20-19(12-17(18)22)24(5,14-27-20)16-8-6-15(7-9-16)21(25)26/h6-9,12-13H,10-11,14H2,1-5H3,(H,25,26). The number of carboxylic acid groups (broad SMARTS) is 1. The van der Waals surface area contributed by atoms with Crippen molar-refractivity contribution < 1.29 is 14.6 Å². The second-order valence-electron chi connectivity index (χ2n) is 9.67. The van der Waals surface area contributed by atoms with Gasteiger partial charge in [0, 0.05) is 5.56 Å². The minimum Gasteiger partial charge on any atom is -0.492 e. The molecule has 3 nitrogen and oxygen atoms in total. The fourth-order valence-electron chi connectivity index (χ4n) is 4.66. The van der Waals surface area contributed by atoms with Crippen LogP contribution in [-0.2, 0) is 16.2 Å². The van der Waals surface area contributed by atoms with E-state index in [9.17, 15) is 9.90 Å². The zero-order valence-electron chi connectivity index (χ0n) is 16.8. The van der Waals surface area contributed by atoms with Gasteiger partial charge in [0.25, 0.3) is 0 Å². The predicted molar refractivity (Wildman–Crippen MR) is 107 cm³/mol. The summed E-state index contributed by atoms with van der Waals surface area (Å²) in [7, 11) is 0. The topological polar surface area (TPSA) is 46.5 Å². The van der Waals surface area contributed by atoms with Crippen LogP contribution in [-0.4, -0.2) is 17.7 Å². The van der Waals surface area contributed by atoms with E-state index in [1.165, 1.54) is 29.5 Å². The maximum Gasteiger partial charge on any atom is 0.335 e. The lowest BCUT2D eigenvalue weighted by molar-refractivity contribution is 0.0697. The molecule has 0 amide bonds. The molecule has 0 fully saturated rings. The average Bonchev–Trinajstić information content (AvgIpc) is 2.96. The molecular weight excluding hydrogens is 336 g/mol. The maximum atomic E-state index is 11.2. The molecule has 0 radical (unpaired) electrons. The van der Waals surface area contributed by atoms with Crippen LogP contribution in [0.3, 0.4) is 0 Å². The van der Waals surface area contributed by atoms with Crippen molar-refractivity contribution in [3.63, 3.8) is 0 Å². The van der Waals surface area contributed by atoms with Gasteiger partial charge in [-0.15, -0.1) is 0 Å². The van der Waals surface area contributed by atoms with Crippen molar-refractivity contribution in [3.8, 4) is 5.75 Å². The van der Waals surface area contributed by atoms with Gasteiger partial charge in [-0.3, -0.25) is 0 Å². The molecule has 0 saturated heterocycles. The Morgan fingerprint density at radius 3 is 2.00 bits per heavy atom. The Bertz CT molecular complexity index is 921. The first-order valence-corrected chi connectivity index (χ1v) is 9.71. The summed E-state index contributed by atoms with van der Waals surface area (Å²) in [5, 5.41) is 9.18. The van der Waals surface area contributed by atoms with Gasteiger partial charge in [-0.05, 0) is 65.5 Å². The van der Waals surface area contributed by atoms with E-state index in [1.54, 1.807) is 12.1 Å². The number of hydrogen-bond acceptors (Lipinski definition) is 2. The van der Waals surface area contributed by atoms with Gasteiger partial charge in [-0.1, -0.05) is 45.9 Å². The monoisotopic (exact) mass is 364 g/mol. The Kier molecular flexibility index (Phi) is 3.76. The number of benzene rings is 2. The van der Waals surface area contributed by atoms with E-state index in [0.29, 0.717) is 12.2 Å². The number of aromatic carboxylic acids is 1. The molecule has 0 aromatic heterocycles. The first-order valence-electron chi connectivity index (χ1n) is 9.71. The lowest BCUT2D eigenvalue weighted by atomic mass is 9.62. The molecule has 1 heterocycles. The summed E-state index contributed by atoms with van der Waals surface area (Å²) in [5.41, 5.74) is 5.50. The number of ether oxygens (including phenoxy) is 1. The Labute approximate surface area is 161 Å². The summed E-state index contributed by atoms with van der Waals surface area (Å²) in [6, 6.07) is 11.9. The van der Waals surface area contributed by atoms with Crippen molar-refractivity contribution >= 4 is 5.97 Å². The minimum absolute atomic E-state index is 0.149. The van der Waals surface area contributed by atoms with Crippen LogP contribution in [0.1, 0.15) is 80.1 Å². The van der Waals surface area contributed by atoms with E-state index in [1.807, 2.05) is 12.1 Å². The van der Waals surface area contributed by atoms with Crippen LogP contribution in [0.4, 0.5) is 0 Å². The van der Waals surface area contributed by atoms with E-state index in [-0.39, 0.29) is 16.2 Å². The Balaban J connectivity index is 1.86. The molecule has 1 atom stereocenters. The van der Waals surface area contributed by atoms with Crippen LogP contribution in [0, 0.1) is 0 Å². The molecule has 1 N–H and O–H groups in total. The van der Waals surface area contributed by atoms with Crippen LogP contribution in [0.15, 0.2) is 36.4 Å². The van der Waals surface area contributed by atoms with E-state index in [2.05, 4.69) is 46.8 Å². The average molecular weight is 364 g/mol. The summed E-state index contributed by atoms with van der Waals surface area (Å²) < 4.78 is 6.16. The first kappa shape index (κ1) is 18.1. The van der Waals surface area contributed by atoms with Gasteiger partial charge in [-0.2, -0.15) is 0 Å². The summed E-state index contributed by atoms with van der Waals surface area (Å²) in [5.74, 6) is 0.0807. The van der Waals surface area contributed by atoms with Crippen LogP contribution in [0.5, 0.6) is 5.75 Å². The number of hydrogen-bond donors (Lipinski definition) is 1. The number of carbonyl (C=O) groups is 1. The zero-order chi connectivity index (χ0) is 19.6. The molecule has 2 aromatic carbocycles. The van der Waals surface area contributed by atoms with Gasteiger partial charge >= 0.3 is 5.97 Å². The Hall–Kier alpha value is -2.29. The molecule has 1 unspecified atom stereocenters. The highest BCUT2D eigenvalue weighted by molar-refractivity contribution is 5.87. The SMILES string of the molecule is CC1(C)CCC(C)(C)c2cc3c(cc21)OCC3(C)c1ccc(C(=O)O)cc1. The molecule has 0 saturated carbocycles. The van der Waals surface area contributed by atoms with E-state index >= 15 is 0 Å². The molecular formula is C24H28O3. The molecule has 3 heteroatoms. The smallest absolute Gasteiger partial charge is 0.335 e. The van der Waals surface area contributed by atoms with E-state index < -0.39 is 5.97 Å². The highest BCUT2D eigenvalue weighted by Crippen LogP contribution is 2.52. The highest BCUT2D eigenvalue weighted by atomic mass is 16.5. The van der Waals surface area contributed by atoms with Crippen molar-refractivity contribution in [2.75, 3.05) is 6.61 Å². The fourth-order valence-corrected chi connectivity index (χ4v) is 4.66. The van der Waals surface area contributed by atoms with Crippen LogP contribution in [0.25, 0.3) is 0 Å². The largest absolute Gasteiger partial charge is 0.492 e. The minimum atomic E-state index is -0.896. The third kappa shape index (κ3) is 2.67. The predicted octanol–water partition coefficient (Wildman–Crippen LogP) is 5.43. The molecule has 0 bridgehead atoms. The van der Waals surface area contributed by atoms with Gasteiger partial charge < -0.3 is 9.84 Å². The van der Waals surface area contributed by atoms with Crippen molar-refractivity contribution in [2.45, 2.75) is 63.7 Å². The van der Waals surface area contributed by atoms with Gasteiger partial charge in [0.05, 0.1) is 11.0 Å². The number of fused-ring (bicyclic) bond motifs is 2. The summed E-state index contributed by atoms with van der Waals surface area (Å²) >= 11 is 0. The normalized spacial score (nSPS) is 24.6. The highest BCUT2D eigenvalue weighted by Gasteiger charge is 2.43. The lowest BCUT2D eigenvalue weighted by Gasteiger charge is -2.42. The second-order valence-corrected chi connectivity index (χ2v) is 9.67. The van der Waals surface area contributed by atoms with Crippen LogP contribution < -0.4 is 4.74 Å². The van der Waals surface area contributed by atoms with Gasteiger partial charge in [0.2, 0.25) is 0 Å². The van der Waals surface area contributed by atoms with Gasteiger partial charge in [0.15, 0.2) is 0 Å². The second kappa shape index (κ2) is 5.60. The van der Waals surface area contributed by atoms with Crippen molar-refractivity contribution in [1.82, 2.24) is 0 Å². The molecule has 4 rings (SSSR count). The van der Waals surface area contributed by atoms with Gasteiger partial charge in [0.1, 0.15) is 12.4 Å². The fraction of sp³-hybridized carbons (Fsp3) is 0.458. The van der Waals surface area contributed by atoms with Gasteiger partial charge in [-0.25, -0.2) is 4.79 Å². The third-order valence-electron chi connectivity index (χ3n) is 6.83. The van der Waals surface area contributed by atoms with Crippen molar-refractivity contribution in [3.05, 3.63) is 64.2 Å². The summed E-state index contributed by atoms with van der Waals surface area (Å²) in [4.78, 5) is 11.2. The lowest BCUT2D eigenvalue weighted by Crippen LogP contribution is -2.34. The Morgan fingerprint density at radius 2 is 1.44 bits per heavy atom. The van der Waals surface area contributed by atoms with Crippen molar-refractivity contribution in [1.29, 1.82) is 0 Å². The molecule has 2 aromatic rings. The van der Waals surface area contributed by atoms with Crippen LogP contribution in [0.2, 0.25) is 0 Å². The molecule has 1 aliphatic heterocycles. The molecule has 2 aliphatic rings. The zero-order valence-corrected chi connectivity index (χ0v) is 16.8. The maximum absolute atomic E-state index is 11.2. The van der Waals surface area contributed by atoms with E-state index in [0.717, 1.165) is 11.3 Å². The first-order chi connectivity index (χ1) is 12.5. The Morgan fingerprint density at radius 1 is 0.889 bits per heavy atom. The van der Waals surface area contributed by atoms with Crippen molar-refractivity contribution in [2.24, 2.45) is 0 Å². The summed E-state index contributed by atoms with van der Waals surface area (Å²) in [6.45, 7) is 12.1. The number of rotatable bonds is 2. The molecule has 0 spiro atoms. The third-order valence-corrected chi connectivity index (χ3v) is 6.83. The van der Waals surface area contributed by atoms with E-state index in [4.69, 9.17) is 4.74 Å². The number of carboxylic acids is 1. The molecule has 1 aliphatic carbocycles. The molecule has 142 valence electrons. The molecule has 27 heavy (non-hydrogen) atoms. The summed E-state index contributed by atoms with van der Waals surface area (Å²) in [6.07, 6.45) is 2.36. The van der Waals surface area contributed by atoms with Crippen LogP contribution >= 0.6 is 0 Å².